The largest absolute Gasteiger partial charge is 0.202 e. The molecule has 0 saturated carbocycles. The van der Waals surface area contributed by atoms with Crippen molar-refractivity contribution >= 4 is 0 Å². The number of hydrogen-bond donors (Lipinski definition) is 1. The van der Waals surface area contributed by atoms with Crippen molar-refractivity contribution in [1.82, 2.24) is 10.7 Å². The summed E-state index contributed by atoms with van der Waals surface area (Å²) in [7, 11) is 0. The van der Waals surface area contributed by atoms with Gasteiger partial charge in [-0.1, -0.05) is 4.48 Å². The van der Waals surface area contributed by atoms with Crippen molar-refractivity contribution in [3.63, 3.8) is 0 Å². The first-order valence-corrected chi connectivity index (χ1v) is 1.75. The van der Waals surface area contributed by atoms with E-state index >= 15 is 0 Å². The van der Waals surface area contributed by atoms with E-state index in [1.165, 1.54) is 6.20 Å². The SMILES string of the molecule is FN1C=CCN1. The fraction of sp³-hybridized carbons (Fsp3) is 0.333. The molecule has 0 amide bonds. The summed E-state index contributed by atoms with van der Waals surface area (Å²) in [6.07, 6.45) is 3.03. The van der Waals surface area contributed by atoms with E-state index in [0.29, 0.717) is 11.8 Å². The van der Waals surface area contributed by atoms with Gasteiger partial charge in [0.2, 0.25) is 0 Å². The minimum Gasteiger partial charge on any atom is -0.202 e. The molecule has 1 N–H and O–H groups in total. The van der Waals surface area contributed by atoms with Crippen molar-refractivity contribution in [1.29, 1.82) is 0 Å². The molecule has 0 fully saturated rings. The van der Waals surface area contributed by atoms with Crippen LogP contribution in [0.2, 0.25) is 0 Å². The predicted octanol–water partition coefficient (Wildman–Crippen LogP) is 0.205. The van der Waals surface area contributed by atoms with E-state index in [2.05, 4.69) is 5.43 Å². The lowest BCUT2D eigenvalue weighted by atomic mass is 10.7. The first-order valence-electron chi connectivity index (χ1n) is 1.75. The normalized spacial score (nSPS) is 19.8. The molecule has 1 aliphatic rings. The van der Waals surface area contributed by atoms with E-state index in [9.17, 15) is 4.48 Å². The third kappa shape index (κ3) is 0.490. The van der Waals surface area contributed by atoms with Crippen LogP contribution in [0.25, 0.3) is 0 Å². The Bertz CT molecular complexity index is 71.2. The standard InChI is InChI=1S/C3H5FN2/c4-6-3-1-2-5-6/h1,3,5H,2H2. The smallest absolute Gasteiger partial charge is 0.0487 e. The molecule has 0 saturated heterocycles. The minimum atomic E-state index is 0.431. The third-order valence-corrected chi connectivity index (χ3v) is 0.596. The summed E-state index contributed by atoms with van der Waals surface area (Å²) in [6.45, 7) is 0.608. The van der Waals surface area contributed by atoms with Crippen LogP contribution in [-0.2, 0) is 0 Å². The Labute approximate surface area is 35.2 Å². The van der Waals surface area contributed by atoms with Crippen LogP contribution < -0.4 is 5.43 Å². The minimum absolute atomic E-state index is 0.431. The van der Waals surface area contributed by atoms with Crippen molar-refractivity contribution in [2.45, 2.75) is 0 Å². The van der Waals surface area contributed by atoms with Crippen LogP contribution in [0, 0.1) is 0 Å². The molecular formula is C3H5FN2. The maximum Gasteiger partial charge on any atom is 0.0487 e. The lowest BCUT2D eigenvalue weighted by Gasteiger charge is -1.97. The van der Waals surface area contributed by atoms with Crippen LogP contribution in [0.1, 0.15) is 0 Å². The van der Waals surface area contributed by atoms with E-state index in [1.54, 1.807) is 6.08 Å². The zero-order valence-electron chi connectivity index (χ0n) is 3.19. The van der Waals surface area contributed by atoms with Gasteiger partial charge in [-0.05, 0) is 6.08 Å². The van der Waals surface area contributed by atoms with Crippen LogP contribution >= 0.6 is 0 Å². The first kappa shape index (κ1) is 3.61. The number of nitrogens with zero attached hydrogens (tertiary/aromatic N) is 1. The van der Waals surface area contributed by atoms with Crippen molar-refractivity contribution in [2.24, 2.45) is 0 Å². The van der Waals surface area contributed by atoms with Crippen molar-refractivity contribution in [3.8, 4) is 0 Å². The summed E-state index contributed by atoms with van der Waals surface area (Å²) in [6, 6.07) is 0. The topological polar surface area (TPSA) is 15.3 Å². The van der Waals surface area contributed by atoms with Crippen LogP contribution in [0.4, 0.5) is 4.48 Å². The fourth-order valence-corrected chi connectivity index (χ4v) is 0.338. The molecule has 3 heteroatoms. The molecule has 6 heavy (non-hydrogen) atoms. The molecule has 1 rings (SSSR count). The second-order valence-electron chi connectivity index (χ2n) is 1.06. The number of halogens is 1. The summed E-state index contributed by atoms with van der Waals surface area (Å²) in [5.74, 6) is 0. The number of nitrogens with one attached hydrogen (secondary N) is 1. The Morgan fingerprint density at radius 2 is 2.67 bits per heavy atom. The van der Waals surface area contributed by atoms with Gasteiger partial charge in [0.15, 0.2) is 0 Å². The maximum atomic E-state index is 11.6. The van der Waals surface area contributed by atoms with Gasteiger partial charge in [0.1, 0.15) is 0 Å². The van der Waals surface area contributed by atoms with Gasteiger partial charge in [-0.25, -0.2) is 5.43 Å². The van der Waals surface area contributed by atoms with E-state index in [0.717, 1.165) is 0 Å². The maximum absolute atomic E-state index is 11.6. The lowest BCUT2D eigenvalue weighted by Crippen LogP contribution is -2.19. The molecule has 34 valence electrons. The Morgan fingerprint density at radius 3 is 2.83 bits per heavy atom. The molecule has 1 aliphatic heterocycles. The fourth-order valence-electron chi connectivity index (χ4n) is 0.338. The third-order valence-electron chi connectivity index (χ3n) is 0.596. The van der Waals surface area contributed by atoms with Gasteiger partial charge in [-0.2, -0.15) is 0 Å². The average Bonchev–Trinajstić information content (AvgIpc) is 1.86. The average molecular weight is 88.1 g/mol. The Hall–Kier alpha value is -0.570. The molecule has 0 aromatic carbocycles. The summed E-state index contributed by atoms with van der Waals surface area (Å²) < 4.78 is 11.6. The Balaban J connectivity index is 2.38. The highest BCUT2D eigenvalue weighted by atomic mass is 19.2. The summed E-state index contributed by atoms with van der Waals surface area (Å²) in [5, 5.41) is 0.431. The van der Waals surface area contributed by atoms with Gasteiger partial charge in [-0.15, -0.1) is 5.23 Å². The molecule has 0 aromatic rings. The van der Waals surface area contributed by atoms with Gasteiger partial charge in [0, 0.05) is 12.7 Å². The van der Waals surface area contributed by atoms with Crippen LogP contribution in [-0.4, -0.2) is 11.8 Å². The highest BCUT2D eigenvalue weighted by molar-refractivity contribution is 4.84. The Morgan fingerprint density at radius 1 is 1.83 bits per heavy atom. The molecule has 0 bridgehead atoms. The van der Waals surface area contributed by atoms with Gasteiger partial charge < -0.3 is 0 Å². The number of hydrazine groups is 1. The molecule has 0 spiro atoms. The molecule has 0 aliphatic carbocycles. The first-order chi connectivity index (χ1) is 2.89. The highest BCUT2D eigenvalue weighted by Crippen LogP contribution is 1.89. The van der Waals surface area contributed by atoms with Crippen molar-refractivity contribution < 1.29 is 4.48 Å². The molecule has 0 unspecified atom stereocenters. The number of rotatable bonds is 0. The molecule has 0 radical (unpaired) electrons. The summed E-state index contributed by atoms with van der Waals surface area (Å²) in [4.78, 5) is 0. The molecular weight excluding hydrogens is 83.0 g/mol. The Kier molecular flexibility index (Phi) is 0.759. The van der Waals surface area contributed by atoms with Crippen LogP contribution in [0.5, 0.6) is 0 Å². The van der Waals surface area contributed by atoms with Gasteiger partial charge in [-0.3, -0.25) is 0 Å². The molecule has 0 atom stereocenters. The van der Waals surface area contributed by atoms with Gasteiger partial charge >= 0.3 is 0 Å². The second kappa shape index (κ2) is 1.26. The van der Waals surface area contributed by atoms with E-state index < -0.39 is 0 Å². The molecule has 1 heterocycles. The van der Waals surface area contributed by atoms with Crippen molar-refractivity contribution in [3.05, 3.63) is 12.3 Å². The molecule has 0 aromatic heterocycles. The second-order valence-corrected chi connectivity index (χ2v) is 1.06. The summed E-state index contributed by atoms with van der Waals surface area (Å²) >= 11 is 0. The highest BCUT2D eigenvalue weighted by Gasteiger charge is 1.95. The zero-order valence-corrected chi connectivity index (χ0v) is 3.19. The molecule has 2 nitrogen and oxygen atoms in total. The zero-order chi connectivity index (χ0) is 4.41. The predicted molar refractivity (Wildman–Crippen MR) is 20.1 cm³/mol. The van der Waals surface area contributed by atoms with Crippen LogP contribution in [0.15, 0.2) is 12.3 Å². The van der Waals surface area contributed by atoms with E-state index in [4.69, 9.17) is 0 Å². The van der Waals surface area contributed by atoms with E-state index in [-0.39, 0.29) is 0 Å². The number of hydrogen-bond acceptors (Lipinski definition) is 2. The summed E-state index contributed by atoms with van der Waals surface area (Å²) in [5.41, 5.74) is 2.38. The lowest BCUT2D eigenvalue weighted by molar-refractivity contribution is 0.0442. The van der Waals surface area contributed by atoms with Gasteiger partial charge in [0.05, 0.1) is 0 Å². The monoisotopic (exact) mass is 88.0 g/mol. The quantitative estimate of drug-likeness (QED) is 0.426. The van der Waals surface area contributed by atoms with E-state index in [1.807, 2.05) is 0 Å². The van der Waals surface area contributed by atoms with Crippen LogP contribution in [0.3, 0.4) is 0 Å². The van der Waals surface area contributed by atoms with Gasteiger partial charge in [0.25, 0.3) is 0 Å². The van der Waals surface area contributed by atoms with Crippen molar-refractivity contribution in [2.75, 3.05) is 6.54 Å².